The van der Waals surface area contributed by atoms with Gasteiger partial charge in [0.1, 0.15) is 0 Å². The fraction of sp³-hybridized carbons (Fsp3) is 0.0400. The third-order valence-electron chi connectivity index (χ3n) is 10.4. The summed E-state index contributed by atoms with van der Waals surface area (Å²) >= 11 is 0. The second kappa shape index (κ2) is 14.2. The molecule has 8 aromatic carbocycles. The van der Waals surface area contributed by atoms with E-state index in [0.29, 0.717) is 0 Å². The first-order valence-corrected chi connectivity index (χ1v) is 18.4. The van der Waals surface area contributed by atoms with Crippen molar-refractivity contribution in [3.8, 4) is 11.4 Å². The molecule has 0 radical (unpaired) electrons. The van der Waals surface area contributed by atoms with Crippen LogP contribution in [-0.2, 0) is 0 Å². The Morgan fingerprint density at radius 2 is 0.704 bits per heavy atom. The van der Waals surface area contributed by atoms with E-state index in [4.69, 9.17) is 0 Å². The van der Waals surface area contributed by atoms with E-state index in [2.05, 4.69) is 233 Å². The van der Waals surface area contributed by atoms with Crippen LogP contribution in [0.1, 0.15) is 0 Å². The first kappa shape index (κ1) is 32.8. The van der Waals surface area contributed by atoms with Gasteiger partial charge in [-0.15, -0.1) is 0 Å². The normalized spacial score (nSPS) is 11.1. The molecule has 4 nitrogen and oxygen atoms in total. The molecule has 0 N–H and O–H groups in total. The number of hydrogen-bond donors (Lipinski definition) is 0. The van der Waals surface area contributed by atoms with Gasteiger partial charge in [-0.3, -0.25) is 0 Å². The van der Waals surface area contributed by atoms with E-state index in [9.17, 15) is 0 Å². The standard InChI is InChI=1S/2C25H20N2/c1-26(19-11-3-2-4-12-19)24-17-9-10-18-25(24)27-22-15-7-5-13-20(22)21-14-6-8-16-23(21)27;1-26(19-10-3-2-4-11-19)20-12-9-13-21(18-20)27-24-16-7-5-14-22(24)23-15-6-8-17-25(23)27/h2*2-18H,1H3. The zero-order valence-electron chi connectivity index (χ0n) is 30.4. The summed E-state index contributed by atoms with van der Waals surface area (Å²) in [5.41, 5.74) is 12.0. The van der Waals surface area contributed by atoms with Crippen molar-refractivity contribution in [1.29, 1.82) is 0 Å². The minimum Gasteiger partial charge on any atom is -0.345 e. The lowest BCUT2D eigenvalue weighted by molar-refractivity contribution is 1.12. The third kappa shape index (κ3) is 5.84. The van der Waals surface area contributed by atoms with Gasteiger partial charge in [-0.05, 0) is 78.9 Å². The molecule has 0 bridgehead atoms. The Morgan fingerprint density at radius 3 is 1.22 bits per heavy atom. The summed E-state index contributed by atoms with van der Waals surface area (Å²) in [5, 5.41) is 5.14. The van der Waals surface area contributed by atoms with Crippen molar-refractivity contribution >= 4 is 66.4 Å². The molecule has 0 spiro atoms. The highest BCUT2D eigenvalue weighted by molar-refractivity contribution is 6.10. The Bertz CT molecular complexity index is 2760. The Morgan fingerprint density at radius 1 is 0.315 bits per heavy atom. The lowest BCUT2D eigenvalue weighted by atomic mass is 10.2. The highest BCUT2D eigenvalue weighted by atomic mass is 15.1. The molecule has 0 aliphatic carbocycles. The van der Waals surface area contributed by atoms with E-state index in [1.807, 2.05) is 6.07 Å². The summed E-state index contributed by atoms with van der Waals surface area (Å²) in [6, 6.07) is 72.8. The third-order valence-corrected chi connectivity index (χ3v) is 10.4. The van der Waals surface area contributed by atoms with Crippen molar-refractivity contribution in [2.75, 3.05) is 23.9 Å². The van der Waals surface area contributed by atoms with Gasteiger partial charge in [-0.25, -0.2) is 0 Å². The number of rotatable bonds is 6. The number of para-hydroxylation sites is 8. The van der Waals surface area contributed by atoms with Crippen LogP contribution in [0.25, 0.3) is 55.0 Å². The predicted molar refractivity (Wildman–Crippen MR) is 231 cm³/mol. The lowest BCUT2D eigenvalue weighted by Crippen LogP contribution is -2.12. The molecule has 2 heterocycles. The Kier molecular flexibility index (Phi) is 8.62. The lowest BCUT2D eigenvalue weighted by Gasteiger charge is -2.23. The van der Waals surface area contributed by atoms with Gasteiger partial charge < -0.3 is 18.9 Å². The van der Waals surface area contributed by atoms with Crippen LogP contribution in [0.2, 0.25) is 0 Å². The molecule has 260 valence electrons. The minimum atomic E-state index is 1.17. The van der Waals surface area contributed by atoms with Crippen molar-refractivity contribution in [3.63, 3.8) is 0 Å². The molecule has 10 rings (SSSR count). The maximum absolute atomic E-state index is 2.37. The summed E-state index contributed by atoms with van der Waals surface area (Å²) in [6.07, 6.45) is 0. The van der Waals surface area contributed by atoms with Crippen molar-refractivity contribution < 1.29 is 0 Å². The molecule has 0 unspecified atom stereocenters. The van der Waals surface area contributed by atoms with Crippen LogP contribution in [0, 0.1) is 0 Å². The Hall–Kier alpha value is -7.04. The van der Waals surface area contributed by atoms with Gasteiger partial charge >= 0.3 is 0 Å². The van der Waals surface area contributed by atoms with Gasteiger partial charge in [0.2, 0.25) is 0 Å². The van der Waals surface area contributed by atoms with E-state index >= 15 is 0 Å². The summed E-state index contributed by atoms with van der Waals surface area (Å²) in [5.74, 6) is 0. The average molecular weight is 697 g/mol. The first-order chi connectivity index (χ1) is 26.7. The monoisotopic (exact) mass is 696 g/mol. The van der Waals surface area contributed by atoms with E-state index < -0.39 is 0 Å². The van der Waals surface area contributed by atoms with Gasteiger partial charge in [-0.2, -0.15) is 0 Å². The fourth-order valence-electron chi connectivity index (χ4n) is 7.75. The Labute approximate surface area is 316 Å². The van der Waals surface area contributed by atoms with Gasteiger partial charge in [0, 0.05) is 58.4 Å². The number of benzene rings is 8. The number of aromatic nitrogens is 2. The second-order valence-electron chi connectivity index (χ2n) is 13.5. The highest BCUT2D eigenvalue weighted by Gasteiger charge is 2.17. The van der Waals surface area contributed by atoms with E-state index in [-0.39, 0.29) is 0 Å². The first-order valence-electron chi connectivity index (χ1n) is 18.4. The predicted octanol–water partition coefficient (Wildman–Crippen LogP) is 13.1. The zero-order chi connectivity index (χ0) is 36.4. The molecule has 0 amide bonds. The zero-order valence-corrected chi connectivity index (χ0v) is 30.4. The van der Waals surface area contributed by atoms with Crippen LogP contribution in [0.5, 0.6) is 0 Å². The van der Waals surface area contributed by atoms with E-state index in [0.717, 1.165) is 0 Å². The van der Waals surface area contributed by atoms with E-state index in [1.165, 1.54) is 77.7 Å². The summed E-state index contributed by atoms with van der Waals surface area (Å²) in [4.78, 5) is 4.47. The molecule has 0 fully saturated rings. The summed E-state index contributed by atoms with van der Waals surface area (Å²) in [7, 11) is 4.24. The number of nitrogens with zero attached hydrogens (tertiary/aromatic N) is 4. The molecule has 0 saturated heterocycles. The SMILES string of the molecule is CN(c1ccccc1)c1cccc(-n2c3ccccc3c3ccccc32)c1.CN(c1ccccc1)c1ccccc1-n1c2ccccc2c2ccccc21. The quantitative estimate of drug-likeness (QED) is 0.172. The highest BCUT2D eigenvalue weighted by Crippen LogP contribution is 2.37. The summed E-state index contributed by atoms with van der Waals surface area (Å²) < 4.78 is 4.73. The smallest absolute Gasteiger partial charge is 0.0699 e. The van der Waals surface area contributed by atoms with Crippen LogP contribution in [0.15, 0.2) is 206 Å². The molecule has 0 aliphatic heterocycles. The molecular weight excluding hydrogens is 657 g/mol. The molecule has 4 heteroatoms. The molecule has 0 aliphatic rings. The fourth-order valence-corrected chi connectivity index (χ4v) is 7.75. The van der Waals surface area contributed by atoms with Crippen molar-refractivity contribution in [2.45, 2.75) is 0 Å². The molecule has 10 aromatic rings. The van der Waals surface area contributed by atoms with Crippen LogP contribution in [0.4, 0.5) is 22.7 Å². The average Bonchev–Trinajstić information content (AvgIpc) is 3.77. The van der Waals surface area contributed by atoms with Crippen LogP contribution in [-0.4, -0.2) is 23.2 Å². The minimum absolute atomic E-state index is 1.17. The molecule has 2 aromatic heterocycles. The second-order valence-corrected chi connectivity index (χ2v) is 13.5. The molecular formula is C50H40N4. The molecule has 0 saturated carbocycles. The molecule has 54 heavy (non-hydrogen) atoms. The largest absolute Gasteiger partial charge is 0.345 e. The number of fused-ring (bicyclic) bond motifs is 6. The maximum atomic E-state index is 2.37. The topological polar surface area (TPSA) is 16.3 Å². The van der Waals surface area contributed by atoms with Crippen LogP contribution < -0.4 is 9.80 Å². The number of hydrogen-bond acceptors (Lipinski definition) is 2. The Balaban J connectivity index is 0.000000142. The van der Waals surface area contributed by atoms with Gasteiger partial charge in [0.25, 0.3) is 0 Å². The number of anilines is 4. The van der Waals surface area contributed by atoms with Crippen molar-refractivity contribution in [2.24, 2.45) is 0 Å². The maximum Gasteiger partial charge on any atom is 0.0699 e. The van der Waals surface area contributed by atoms with Crippen molar-refractivity contribution in [1.82, 2.24) is 9.13 Å². The summed E-state index contributed by atoms with van der Waals surface area (Å²) in [6.45, 7) is 0. The van der Waals surface area contributed by atoms with Gasteiger partial charge in [0.15, 0.2) is 0 Å². The van der Waals surface area contributed by atoms with Crippen LogP contribution >= 0.6 is 0 Å². The van der Waals surface area contributed by atoms with Crippen molar-refractivity contribution in [3.05, 3.63) is 206 Å². The van der Waals surface area contributed by atoms with Gasteiger partial charge in [0.05, 0.1) is 33.4 Å². The van der Waals surface area contributed by atoms with Crippen LogP contribution in [0.3, 0.4) is 0 Å². The van der Waals surface area contributed by atoms with Gasteiger partial charge in [-0.1, -0.05) is 127 Å². The van der Waals surface area contributed by atoms with E-state index in [1.54, 1.807) is 0 Å². The molecule has 0 atom stereocenters.